The summed E-state index contributed by atoms with van der Waals surface area (Å²) in [5, 5.41) is 9.04. The summed E-state index contributed by atoms with van der Waals surface area (Å²) in [6, 6.07) is 3.85. The van der Waals surface area contributed by atoms with E-state index in [-0.39, 0.29) is 6.04 Å². The van der Waals surface area contributed by atoms with E-state index in [1.807, 2.05) is 31.1 Å². The van der Waals surface area contributed by atoms with E-state index in [4.69, 9.17) is 5.11 Å². The molecule has 1 aromatic rings. The number of aliphatic carboxylic acids is 1. The first kappa shape index (κ1) is 12.7. The highest BCUT2D eigenvalue weighted by molar-refractivity contribution is 9.11. The van der Waals surface area contributed by atoms with Crippen molar-refractivity contribution >= 4 is 33.2 Å². The zero-order valence-electron chi connectivity index (χ0n) is 8.90. The predicted octanol–water partition coefficient (Wildman–Crippen LogP) is 2.83. The van der Waals surface area contributed by atoms with Gasteiger partial charge >= 0.3 is 5.97 Å². The minimum Gasteiger partial charge on any atom is -0.481 e. The van der Waals surface area contributed by atoms with Crippen LogP contribution in [-0.2, 0) is 4.79 Å². The van der Waals surface area contributed by atoms with Crippen molar-refractivity contribution in [1.82, 2.24) is 4.90 Å². The molecule has 3 nitrogen and oxygen atoms in total. The summed E-state index contributed by atoms with van der Waals surface area (Å²) < 4.78 is 1.03. The molecule has 84 valence electrons. The highest BCUT2D eigenvalue weighted by atomic mass is 79.9. The summed E-state index contributed by atoms with van der Waals surface area (Å²) in [5.41, 5.74) is 0. The van der Waals surface area contributed by atoms with Crippen LogP contribution >= 0.6 is 27.3 Å². The summed E-state index contributed by atoms with van der Waals surface area (Å²) >= 11 is 4.97. The van der Waals surface area contributed by atoms with Gasteiger partial charge in [-0.25, -0.2) is 0 Å². The Kier molecular flexibility index (Phi) is 4.31. The zero-order chi connectivity index (χ0) is 11.6. The van der Waals surface area contributed by atoms with Gasteiger partial charge in [0.1, 0.15) is 0 Å². The van der Waals surface area contributed by atoms with Gasteiger partial charge in [0, 0.05) is 4.88 Å². The minimum absolute atomic E-state index is 0.0706. The molecule has 1 heterocycles. The molecule has 0 aliphatic rings. The van der Waals surface area contributed by atoms with E-state index in [2.05, 4.69) is 15.9 Å². The monoisotopic (exact) mass is 291 g/mol. The Balaban J connectivity index is 2.98. The van der Waals surface area contributed by atoms with E-state index in [1.54, 1.807) is 18.3 Å². The normalized spacial score (nSPS) is 15.3. The second kappa shape index (κ2) is 5.09. The van der Waals surface area contributed by atoms with Crippen molar-refractivity contribution < 1.29 is 9.90 Å². The number of hydrogen-bond acceptors (Lipinski definition) is 3. The molecule has 1 N–H and O–H groups in total. The molecule has 0 amide bonds. The molecule has 2 unspecified atom stereocenters. The maximum atomic E-state index is 11.0. The number of carboxylic acids is 1. The van der Waals surface area contributed by atoms with Gasteiger partial charge in [-0.3, -0.25) is 4.79 Å². The highest BCUT2D eigenvalue weighted by Crippen LogP contribution is 2.34. The Bertz CT molecular complexity index is 351. The van der Waals surface area contributed by atoms with Crippen LogP contribution in [0.1, 0.15) is 17.8 Å². The minimum atomic E-state index is -0.766. The second-order valence-corrected chi connectivity index (χ2v) is 6.17. The first-order valence-corrected chi connectivity index (χ1v) is 6.19. The van der Waals surface area contributed by atoms with Crippen molar-refractivity contribution in [1.29, 1.82) is 0 Å². The average molecular weight is 292 g/mol. The van der Waals surface area contributed by atoms with Crippen LogP contribution in [0.2, 0.25) is 0 Å². The third kappa shape index (κ3) is 3.03. The van der Waals surface area contributed by atoms with Crippen molar-refractivity contribution in [2.75, 3.05) is 14.1 Å². The maximum Gasteiger partial charge on any atom is 0.308 e. The third-order valence-electron chi connectivity index (χ3n) is 2.30. The molecule has 0 fully saturated rings. The van der Waals surface area contributed by atoms with E-state index in [1.165, 1.54) is 0 Å². The largest absolute Gasteiger partial charge is 0.481 e. The van der Waals surface area contributed by atoms with Crippen LogP contribution in [0.5, 0.6) is 0 Å². The van der Waals surface area contributed by atoms with Gasteiger partial charge in [-0.2, -0.15) is 0 Å². The third-order valence-corrected chi connectivity index (χ3v) is 4.00. The van der Waals surface area contributed by atoms with Crippen LogP contribution in [-0.4, -0.2) is 30.1 Å². The summed E-state index contributed by atoms with van der Waals surface area (Å²) in [6.07, 6.45) is 0. The average Bonchev–Trinajstić information content (AvgIpc) is 2.51. The number of rotatable bonds is 4. The fourth-order valence-electron chi connectivity index (χ4n) is 1.57. The van der Waals surface area contributed by atoms with E-state index >= 15 is 0 Å². The number of carboxylic acid groups (broad SMARTS) is 1. The number of carbonyl (C=O) groups is 1. The van der Waals surface area contributed by atoms with E-state index in [9.17, 15) is 4.79 Å². The van der Waals surface area contributed by atoms with E-state index in [0.29, 0.717) is 0 Å². The van der Waals surface area contributed by atoms with Crippen molar-refractivity contribution in [2.45, 2.75) is 13.0 Å². The van der Waals surface area contributed by atoms with Crippen LogP contribution in [0.3, 0.4) is 0 Å². The van der Waals surface area contributed by atoms with Crippen LogP contribution < -0.4 is 0 Å². The lowest BCUT2D eigenvalue weighted by Gasteiger charge is -2.26. The summed E-state index contributed by atoms with van der Waals surface area (Å²) in [5.74, 6) is -1.18. The first-order valence-electron chi connectivity index (χ1n) is 4.58. The molecule has 5 heteroatoms. The zero-order valence-corrected chi connectivity index (χ0v) is 11.3. The SMILES string of the molecule is CC(C(=O)O)C(c1ccc(Br)s1)N(C)C. The van der Waals surface area contributed by atoms with Crippen molar-refractivity contribution in [3.63, 3.8) is 0 Å². The molecule has 0 saturated carbocycles. The molecule has 0 radical (unpaired) electrons. The van der Waals surface area contributed by atoms with Crippen LogP contribution in [0.4, 0.5) is 0 Å². The van der Waals surface area contributed by atoms with Crippen LogP contribution in [0, 0.1) is 5.92 Å². The standard InChI is InChI=1S/C10H14BrNO2S/c1-6(10(13)14)9(12(2)3)7-4-5-8(11)15-7/h4-6,9H,1-3H3,(H,13,14). The molecule has 0 bridgehead atoms. The Hall–Kier alpha value is -0.390. The smallest absolute Gasteiger partial charge is 0.308 e. The lowest BCUT2D eigenvalue weighted by Crippen LogP contribution is -2.29. The van der Waals surface area contributed by atoms with Crippen molar-refractivity contribution in [3.8, 4) is 0 Å². The predicted molar refractivity (Wildman–Crippen MR) is 65.2 cm³/mol. The molecule has 0 saturated heterocycles. The topological polar surface area (TPSA) is 40.5 Å². The summed E-state index contributed by atoms with van der Waals surface area (Å²) in [6.45, 7) is 1.74. The van der Waals surface area contributed by atoms with Gasteiger partial charge in [0.2, 0.25) is 0 Å². The quantitative estimate of drug-likeness (QED) is 0.927. The molecule has 1 aromatic heterocycles. The van der Waals surface area contributed by atoms with Crippen molar-refractivity contribution in [3.05, 3.63) is 20.8 Å². The fraction of sp³-hybridized carbons (Fsp3) is 0.500. The van der Waals surface area contributed by atoms with Gasteiger partial charge in [0.15, 0.2) is 0 Å². The van der Waals surface area contributed by atoms with Gasteiger partial charge < -0.3 is 10.0 Å². The second-order valence-electron chi connectivity index (χ2n) is 3.68. The first-order chi connectivity index (χ1) is 6.93. The number of nitrogens with zero attached hydrogens (tertiary/aromatic N) is 1. The molecular formula is C10H14BrNO2S. The van der Waals surface area contributed by atoms with Gasteiger partial charge in [0.05, 0.1) is 15.7 Å². The number of thiophene rings is 1. The van der Waals surface area contributed by atoms with Gasteiger partial charge in [-0.15, -0.1) is 11.3 Å². The van der Waals surface area contributed by atoms with Gasteiger partial charge in [-0.1, -0.05) is 6.92 Å². The summed E-state index contributed by atoms with van der Waals surface area (Å²) in [4.78, 5) is 14.0. The lowest BCUT2D eigenvalue weighted by molar-refractivity contribution is -0.143. The molecule has 0 spiro atoms. The van der Waals surface area contributed by atoms with Crippen molar-refractivity contribution in [2.24, 2.45) is 5.92 Å². The molecule has 0 aliphatic heterocycles. The molecule has 2 atom stereocenters. The van der Waals surface area contributed by atoms with Gasteiger partial charge in [-0.05, 0) is 42.2 Å². The summed E-state index contributed by atoms with van der Waals surface area (Å²) in [7, 11) is 3.80. The van der Waals surface area contributed by atoms with Crippen LogP contribution in [0.15, 0.2) is 15.9 Å². The molecule has 1 rings (SSSR count). The highest BCUT2D eigenvalue weighted by Gasteiger charge is 2.28. The Morgan fingerprint density at radius 1 is 1.53 bits per heavy atom. The molecule has 15 heavy (non-hydrogen) atoms. The number of halogens is 1. The lowest BCUT2D eigenvalue weighted by atomic mass is 10.00. The van der Waals surface area contributed by atoms with Gasteiger partial charge in [0.25, 0.3) is 0 Å². The Labute approximate surface area is 102 Å². The van der Waals surface area contributed by atoms with E-state index in [0.717, 1.165) is 8.66 Å². The number of hydrogen-bond donors (Lipinski definition) is 1. The fourth-order valence-corrected chi connectivity index (χ4v) is 3.30. The Morgan fingerprint density at radius 2 is 2.13 bits per heavy atom. The van der Waals surface area contributed by atoms with E-state index < -0.39 is 11.9 Å². The molecule has 0 aromatic carbocycles. The Morgan fingerprint density at radius 3 is 2.47 bits per heavy atom. The maximum absolute atomic E-state index is 11.0. The molecular weight excluding hydrogens is 278 g/mol. The molecule has 0 aliphatic carbocycles. The van der Waals surface area contributed by atoms with Crippen LogP contribution in [0.25, 0.3) is 0 Å².